The second-order valence-electron chi connectivity index (χ2n) is 5.91. The van der Waals surface area contributed by atoms with Gasteiger partial charge in [-0.3, -0.25) is 9.89 Å². The summed E-state index contributed by atoms with van der Waals surface area (Å²) in [6, 6.07) is 7.98. The van der Waals surface area contributed by atoms with Crippen molar-refractivity contribution in [3.63, 3.8) is 0 Å². The number of anilines is 1. The van der Waals surface area contributed by atoms with Crippen molar-refractivity contribution >= 4 is 11.7 Å². The van der Waals surface area contributed by atoms with Crippen LogP contribution in [0, 0.1) is 28.6 Å². The van der Waals surface area contributed by atoms with Crippen LogP contribution in [0.25, 0.3) is 0 Å². The largest absolute Gasteiger partial charge is 0.444 e. The zero-order valence-corrected chi connectivity index (χ0v) is 14.6. The summed E-state index contributed by atoms with van der Waals surface area (Å²) in [5.74, 6) is 1.58. The summed E-state index contributed by atoms with van der Waals surface area (Å²) >= 11 is 0. The fraction of sp³-hybridized carbons (Fsp3) is 0.588. The summed E-state index contributed by atoms with van der Waals surface area (Å²) in [7, 11) is 4.03. The molecule has 0 fully saturated rings. The third-order valence-electron chi connectivity index (χ3n) is 4.18. The topological polar surface area (TPSA) is 82.8 Å². The van der Waals surface area contributed by atoms with E-state index < -0.39 is 5.92 Å². The molecule has 0 saturated heterocycles. The van der Waals surface area contributed by atoms with Gasteiger partial charge in [0.05, 0.1) is 25.2 Å². The van der Waals surface area contributed by atoms with Crippen LogP contribution in [0.5, 0.6) is 0 Å². The molecular weight excluding hydrogens is 304 g/mol. The Morgan fingerprint density at radius 1 is 1.33 bits per heavy atom. The van der Waals surface area contributed by atoms with Gasteiger partial charge in [0, 0.05) is 32.7 Å². The zero-order valence-electron chi connectivity index (χ0n) is 14.6. The van der Waals surface area contributed by atoms with E-state index in [1.165, 1.54) is 0 Å². The predicted octanol–water partition coefficient (Wildman–Crippen LogP) is 1.54. The van der Waals surface area contributed by atoms with E-state index in [0.29, 0.717) is 18.9 Å². The average Bonchev–Trinajstić information content (AvgIpc) is 3.23. The van der Waals surface area contributed by atoms with E-state index in [4.69, 9.17) is 14.9 Å². The molecule has 0 saturated carbocycles. The summed E-state index contributed by atoms with van der Waals surface area (Å²) < 4.78 is 5.88. The van der Waals surface area contributed by atoms with Gasteiger partial charge in [-0.05, 0) is 19.7 Å². The van der Waals surface area contributed by atoms with Gasteiger partial charge in [-0.15, -0.1) is 0 Å². The van der Waals surface area contributed by atoms with Gasteiger partial charge in [-0.25, -0.2) is 0 Å². The lowest BCUT2D eigenvalue weighted by molar-refractivity contribution is 0.309. The second-order valence-corrected chi connectivity index (χ2v) is 5.91. The lowest BCUT2D eigenvalue weighted by Gasteiger charge is -2.24. The first-order chi connectivity index (χ1) is 11.6. The summed E-state index contributed by atoms with van der Waals surface area (Å²) in [5.41, 5.74) is 0. The van der Waals surface area contributed by atoms with Crippen molar-refractivity contribution < 1.29 is 4.42 Å². The van der Waals surface area contributed by atoms with Crippen molar-refractivity contribution in [3.8, 4) is 12.1 Å². The Balaban J connectivity index is 1.89. The maximum Gasteiger partial charge on any atom is 0.195 e. The molecule has 7 heteroatoms. The quantitative estimate of drug-likeness (QED) is 0.720. The van der Waals surface area contributed by atoms with Crippen LogP contribution in [-0.4, -0.2) is 62.5 Å². The van der Waals surface area contributed by atoms with E-state index in [1.54, 1.807) is 0 Å². The smallest absolute Gasteiger partial charge is 0.195 e. The lowest BCUT2D eigenvalue weighted by atomic mass is 10.1. The number of amidine groups is 1. The highest BCUT2D eigenvalue weighted by atomic mass is 16.4. The van der Waals surface area contributed by atoms with Crippen LogP contribution in [0.1, 0.15) is 12.7 Å². The van der Waals surface area contributed by atoms with Gasteiger partial charge in [0.15, 0.2) is 11.8 Å². The Morgan fingerprint density at radius 2 is 2.08 bits per heavy atom. The van der Waals surface area contributed by atoms with Crippen LogP contribution in [0.3, 0.4) is 0 Å². The molecule has 2 rings (SSSR count). The minimum absolute atomic E-state index is 0.595. The summed E-state index contributed by atoms with van der Waals surface area (Å²) in [6.45, 7) is 6.72. The SMILES string of the molecule is CCN(C)Cc1ccc(N(C)CCN2CCN=C2C(C#N)C#N)o1. The molecule has 0 amide bonds. The van der Waals surface area contributed by atoms with Crippen molar-refractivity contribution in [3.05, 3.63) is 17.9 Å². The van der Waals surface area contributed by atoms with Crippen molar-refractivity contribution in [1.82, 2.24) is 9.80 Å². The molecule has 1 aliphatic rings. The zero-order chi connectivity index (χ0) is 17.5. The molecule has 24 heavy (non-hydrogen) atoms. The number of hydrogen-bond acceptors (Lipinski definition) is 7. The monoisotopic (exact) mass is 328 g/mol. The third-order valence-corrected chi connectivity index (χ3v) is 4.18. The van der Waals surface area contributed by atoms with Crippen molar-refractivity contribution in [2.24, 2.45) is 10.9 Å². The summed E-state index contributed by atoms with van der Waals surface area (Å²) in [5, 5.41) is 18.1. The van der Waals surface area contributed by atoms with Crippen LogP contribution >= 0.6 is 0 Å². The molecule has 2 heterocycles. The second kappa shape index (κ2) is 8.37. The van der Waals surface area contributed by atoms with E-state index in [-0.39, 0.29) is 0 Å². The van der Waals surface area contributed by atoms with E-state index in [0.717, 1.165) is 37.8 Å². The van der Waals surface area contributed by atoms with Gasteiger partial charge in [-0.1, -0.05) is 6.92 Å². The fourth-order valence-electron chi connectivity index (χ4n) is 2.56. The highest BCUT2D eigenvalue weighted by molar-refractivity contribution is 5.90. The molecule has 0 bridgehead atoms. The van der Waals surface area contributed by atoms with Gasteiger partial charge in [0.25, 0.3) is 0 Å². The average molecular weight is 328 g/mol. The van der Waals surface area contributed by atoms with E-state index in [1.807, 2.05) is 41.1 Å². The highest BCUT2D eigenvalue weighted by Crippen LogP contribution is 2.19. The number of nitrogens with zero attached hydrogens (tertiary/aromatic N) is 6. The third kappa shape index (κ3) is 4.27. The molecule has 128 valence electrons. The number of likely N-dealkylation sites (N-methyl/N-ethyl adjacent to an activating group) is 1. The lowest BCUT2D eigenvalue weighted by Crippen LogP contribution is -2.38. The molecule has 0 atom stereocenters. The maximum atomic E-state index is 9.05. The fourth-order valence-corrected chi connectivity index (χ4v) is 2.56. The Morgan fingerprint density at radius 3 is 2.75 bits per heavy atom. The Bertz CT molecular complexity index is 639. The summed E-state index contributed by atoms with van der Waals surface area (Å²) in [4.78, 5) is 10.5. The molecule has 0 spiro atoms. The van der Waals surface area contributed by atoms with Crippen LogP contribution < -0.4 is 4.90 Å². The Kier molecular flexibility index (Phi) is 6.22. The Hall–Kier alpha value is -2.51. The van der Waals surface area contributed by atoms with Gasteiger partial charge in [0.1, 0.15) is 11.6 Å². The van der Waals surface area contributed by atoms with Gasteiger partial charge in [-0.2, -0.15) is 10.5 Å². The predicted molar refractivity (Wildman–Crippen MR) is 92.6 cm³/mol. The molecular formula is C17H24N6O. The first-order valence-electron chi connectivity index (χ1n) is 8.16. The molecule has 0 N–H and O–H groups in total. The molecule has 0 unspecified atom stereocenters. The van der Waals surface area contributed by atoms with E-state index >= 15 is 0 Å². The minimum atomic E-state index is -0.780. The Labute approximate surface area is 143 Å². The normalized spacial score (nSPS) is 14.0. The van der Waals surface area contributed by atoms with Crippen LogP contribution in [0.2, 0.25) is 0 Å². The van der Waals surface area contributed by atoms with Gasteiger partial charge < -0.3 is 14.2 Å². The van der Waals surface area contributed by atoms with E-state index in [2.05, 4.69) is 23.9 Å². The van der Waals surface area contributed by atoms with E-state index in [9.17, 15) is 0 Å². The van der Waals surface area contributed by atoms with Gasteiger partial charge >= 0.3 is 0 Å². The summed E-state index contributed by atoms with van der Waals surface area (Å²) in [6.07, 6.45) is 0. The number of aliphatic imine (C=N–C) groups is 1. The number of rotatable bonds is 8. The maximum absolute atomic E-state index is 9.05. The first kappa shape index (κ1) is 17.8. The highest BCUT2D eigenvalue weighted by Gasteiger charge is 2.25. The molecule has 0 aromatic carbocycles. The van der Waals surface area contributed by atoms with Crippen LogP contribution in [0.4, 0.5) is 5.88 Å². The minimum Gasteiger partial charge on any atom is -0.444 e. The molecule has 1 aliphatic heterocycles. The molecule has 0 aliphatic carbocycles. The van der Waals surface area contributed by atoms with Crippen molar-refractivity contribution in [2.75, 3.05) is 51.7 Å². The van der Waals surface area contributed by atoms with Crippen molar-refractivity contribution in [2.45, 2.75) is 13.5 Å². The molecule has 7 nitrogen and oxygen atoms in total. The molecule has 0 radical (unpaired) electrons. The molecule has 1 aromatic heterocycles. The number of furan rings is 1. The van der Waals surface area contributed by atoms with Gasteiger partial charge in [0.2, 0.25) is 0 Å². The van der Waals surface area contributed by atoms with Crippen LogP contribution in [-0.2, 0) is 6.54 Å². The van der Waals surface area contributed by atoms with Crippen LogP contribution in [0.15, 0.2) is 21.5 Å². The number of nitriles is 2. The van der Waals surface area contributed by atoms with Crippen molar-refractivity contribution in [1.29, 1.82) is 10.5 Å². The molecule has 1 aromatic rings. The first-order valence-corrected chi connectivity index (χ1v) is 8.16. The standard InChI is InChI=1S/C17H24N6O/c1-4-21(2)13-15-5-6-16(24-15)22(3)9-10-23-8-7-20-17(23)14(11-18)12-19/h5-6,14H,4,7-10,13H2,1-3H3. The number of hydrogen-bond donors (Lipinski definition) is 0.